The molecule has 0 fully saturated rings. The summed E-state index contributed by atoms with van der Waals surface area (Å²) in [7, 11) is 0. The molecule has 0 saturated carbocycles. The third kappa shape index (κ3) is 3.38. The number of nitrogens with one attached hydrogen (secondary N) is 1. The van der Waals surface area contributed by atoms with Crippen LogP contribution in [0.5, 0.6) is 5.88 Å². The summed E-state index contributed by atoms with van der Waals surface area (Å²) in [5.74, 6) is 1.12. The number of nitrogen functional groups attached to an aromatic ring is 1. The summed E-state index contributed by atoms with van der Waals surface area (Å²) in [6.07, 6.45) is 0. The molecule has 3 N–H and O–H groups in total. The highest BCUT2D eigenvalue weighted by Crippen LogP contribution is 2.23. The van der Waals surface area contributed by atoms with E-state index in [1.54, 1.807) is 0 Å². The van der Waals surface area contributed by atoms with E-state index in [0.29, 0.717) is 18.4 Å². The van der Waals surface area contributed by atoms with Gasteiger partial charge in [0.05, 0.1) is 12.6 Å². The van der Waals surface area contributed by atoms with Gasteiger partial charge in [0.1, 0.15) is 0 Å². The maximum Gasteiger partial charge on any atom is 0.226 e. The molecule has 20 heavy (non-hydrogen) atoms. The number of nitrogens with two attached hydrogens (primary N) is 1. The van der Waals surface area contributed by atoms with Crippen LogP contribution in [0.15, 0.2) is 30.3 Å². The number of rotatable bonds is 5. The summed E-state index contributed by atoms with van der Waals surface area (Å²) in [5.41, 5.74) is 8.62. The van der Waals surface area contributed by atoms with Gasteiger partial charge in [-0.15, -0.1) is 0 Å². The van der Waals surface area contributed by atoms with Gasteiger partial charge in [0, 0.05) is 17.4 Å². The molecule has 5 heteroatoms. The van der Waals surface area contributed by atoms with Gasteiger partial charge in [0.2, 0.25) is 11.8 Å². The van der Waals surface area contributed by atoms with E-state index in [1.807, 2.05) is 51.1 Å². The normalized spacial score (nSPS) is 11.9. The van der Waals surface area contributed by atoms with E-state index in [1.165, 1.54) is 0 Å². The zero-order chi connectivity index (χ0) is 14.5. The molecule has 5 nitrogen and oxygen atoms in total. The topological polar surface area (TPSA) is 73.1 Å². The summed E-state index contributed by atoms with van der Waals surface area (Å²) in [6.45, 7) is 6.45. The first-order valence-electron chi connectivity index (χ1n) is 6.69. The lowest BCUT2D eigenvalue weighted by Gasteiger charge is -2.16. The van der Waals surface area contributed by atoms with E-state index in [2.05, 4.69) is 15.3 Å². The molecular formula is C15H20N4O. The molecule has 0 radical (unpaired) electrons. The second-order valence-corrected chi connectivity index (χ2v) is 4.60. The Hall–Kier alpha value is -2.30. The molecular weight excluding hydrogens is 252 g/mol. The first-order chi connectivity index (χ1) is 9.60. The lowest BCUT2D eigenvalue weighted by Crippen LogP contribution is -2.12. The van der Waals surface area contributed by atoms with Crippen LogP contribution in [0.3, 0.4) is 0 Å². The van der Waals surface area contributed by atoms with E-state index in [9.17, 15) is 0 Å². The van der Waals surface area contributed by atoms with Crippen molar-refractivity contribution in [1.29, 1.82) is 0 Å². The highest BCUT2D eigenvalue weighted by molar-refractivity contribution is 5.50. The number of aromatic nitrogens is 2. The van der Waals surface area contributed by atoms with Gasteiger partial charge in [-0.3, -0.25) is 0 Å². The SMILES string of the molecule is CCOc1cc(C)nc(NC(C)c2ccccc2N)n1. The van der Waals surface area contributed by atoms with Crippen LogP contribution in [-0.4, -0.2) is 16.6 Å². The van der Waals surface area contributed by atoms with E-state index < -0.39 is 0 Å². The minimum absolute atomic E-state index is 0.0208. The van der Waals surface area contributed by atoms with Crippen LogP contribution >= 0.6 is 0 Å². The third-order valence-corrected chi connectivity index (χ3v) is 2.93. The summed E-state index contributed by atoms with van der Waals surface area (Å²) < 4.78 is 5.42. The van der Waals surface area contributed by atoms with Crippen molar-refractivity contribution in [3.63, 3.8) is 0 Å². The predicted molar refractivity (Wildman–Crippen MR) is 80.8 cm³/mol. The largest absolute Gasteiger partial charge is 0.478 e. The lowest BCUT2D eigenvalue weighted by molar-refractivity contribution is 0.326. The molecule has 1 aromatic carbocycles. The zero-order valence-corrected chi connectivity index (χ0v) is 12.1. The molecule has 0 aliphatic carbocycles. The number of anilines is 2. The number of para-hydroxylation sites is 1. The zero-order valence-electron chi connectivity index (χ0n) is 12.1. The van der Waals surface area contributed by atoms with Crippen LogP contribution < -0.4 is 15.8 Å². The van der Waals surface area contributed by atoms with Crippen LogP contribution in [0.25, 0.3) is 0 Å². The van der Waals surface area contributed by atoms with E-state index in [4.69, 9.17) is 10.5 Å². The monoisotopic (exact) mass is 272 g/mol. The van der Waals surface area contributed by atoms with E-state index in [0.717, 1.165) is 16.9 Å². The number of benzene rings is 1. The summed E-state index contributed by atoms with van der Waals surface area (Å²) in [5, 5.41) is 3.26. The quantitative estimate of drug-likeness (QED) is 0.819. The Kier molecular flexibility index (Phi) is 4.40. The van der Waals surface area contributed by atoms with Crippen LogP contribution in [-0.2, 0) is 0 Å². The fourth-order valence-electron chi connectivity index (χ4n) is 2.00. The Morgan fingerprint density at radius 3 is 2.75 bits per heavy atom. The van der Waals surface area contributed by atoms with Gasteiger partial charge < -0.3 is 15.8 Å². The Balaban J connectivity index is 2.19. The number of nitrogens with zero attached hydrogens (tertiary/aromatic N) is 2. The number of ether oxygens (including phenoxy) is 1. The van der Waals surface area contributed by atoms with Crippen molar-refractivity contribution in [2.45, 2.75) is 26.8 Å². The van der Waals surface area contributed by atoms with Gasteiger partial charge in [-0.05, 0) is 32.4 Å². The van der Waals surface area contributed by atoms with E-state index in [-0.39, 0.29) is 6.04 Å². The Bertz CT molecular complexity index is 586. The fraction of sp³-hybridized carbons (Fsp3) is 0.333. The van der Waals surface area contributed by atoms with Crippen LogP contribution in [0.2, 0.25) is 0 Å². The molecule has 0 saturated heterocycles. The molecule has 1 heterocycles. The van der Waals surface area contributed by atoms with Crippen LogP contribution in [0.4, 0.5) is 11.6 Å². The van der Waals surface area contributed by atoms with Gasteiger partial charge >= 0.3 is 0 Å². The number of hydrogen-bond donors (Lipinski definition) is 2. The van der Waals surface area contributed by atoms with Gasteiger partial charge in [-0.25, -0.2) is 4.98 Å². The molecule has 0 aliphatic heterocycles. The van der Waals surface area contributed by atoms with Gasteiger partial charge in [-0.1, -0.05) is 18.2 Å². The highest BCUT2D eigenvalue weighted by atomic mass is 16.5. The summed E-state index contributed by atoms with van der Waals surface area (Å²) >= 11 is 0. The average molecular weight is 272 g/mol. The molecule has 0 aliphatic rings. The standard InChI is InChI=1S/C15H20N4O/c1-4-20-14-9-10(2)17-15(19-14)18-11(3)12-7-5-6-8-13(12)16/h5-9,11H,4,16H2,1-3H3,(H,17,18,19). The van der Waals surface area contributed by atoms with Crippen molar-refractivity contribution in [2.24, 2.45) is 0 Å². The second-order valence-electron chi connectivity index (χ2n) is 4.60. The van der Waals surface area contributed by atoms with Crippen LogP contribution in [0, 0.1) is 6.92 Å². The number of aryl methyl sites for hydroxylation is 1. The van der Waals surface area contributed by atoms with Crippen molar-refractivity contribution in [2.75, 3.05) is 17.7 Å². The Morgan fingerprint density at radius 1 is 1.30 bits per heavy atom. The van der Waals surface area contributed by atoms with Crippen molar-refractivity contribution >= 4 is 11.6 Å². The molecule has 1 unspecified atom stereocenters. The van der Waals surface area contributed by atoms with Crippen LogP contribution in [0.1, 0.15) is 31.1 Å². The van der Waals surface area contributed by atoms with Crippen molar-refractivity contribution in [1.82, 2.24) is 9.97 Å². The minimum atomic E-state index is 0.0208. The average Bonchev–Trinajstić information content (AvgIpc) is 2.38. The van der Waals surface area contributed by atoms with Crippen molar-refractivity contribution in [3.05, 3.63) is 41.6 Å². The first kappa shape index (κ1) is 14.1. The molecule has 1 aromatic heterocycles. The first-order valence-corrected chi connectivity index (χ1v) is 6.69. The third-order valence-electron chi connectivity index (χ3n) is 2.93. The number of hydrogen-bond acceptors (Lipinski definition) is 5. The Labute approximate surface area is 119 Å². The molecule has 106 valence electrons. The van der Waals surface area contributed by atoms with Crippen molar-refractivity contribution in [3.8, 4) is 5.88 Å². The lowest BCUT2D eigenvalue weighted by atomic mass is 10.1. The molecule has 1 atom stereocenters. The molecule has 2 aromatic rings. The van der Waals surface area contributed by atoms with E-state index >= 15 is 0 Å². The molecule has 0 spiro atoms. The van der Waals surface area contributed by atoms with Gasteiger partial charge in [0.15, 0.2) is 0 Å². The molecule has 2 rings (SSSR count). The predicted octanol–water partition coefficient (Wildman–Crippen LogP) is 2.94. The summed E-state index contributed by atoms with van der Waals surface area (Å²) in [4.78, 5) is 8.70. The smallest absolute Gasteiger partial charge is 0.226 e. The van der Waals surface area contributed by atoms with Crippen molar-refractivity contribution < 1.29 is 4.74 Å². The fourth-order valence-corrected chi connectivity index (χ4v) is 2.00. The maximum atomic E-state index is 5.98. The maximum absolute atomic E-state index is 5.98. The molecule has 0 amide bonds. The van der Waals surface area contributed by atoms with Gasteiger partial charge in [0.25, 0.3) is 0 Å². The molecule has 0 bridgehead atoms. The van der Waals surface area contributed by atoms with Gasteiger partial charge in [-0.2, -0.15) is 4.98 Å². The minimum Gasteiger partial charge on any atom is -0.478 e. The highest BCUT2D eigenvalue weighted by Gasteiger charge is 2.11. The second kappa shape index (κ2) is 6.23. The summed E-state index contributed by atoms with van der Waals surface area (Å²) in [6, 6.07) is 9.60. The Morgan fingerprint density at radius 2 is 2.05 bits per heavy atom.